The Labute approximate surface area is 268 Å². The fourth-order valence-corrected chi connectivity index (χ4v) is 7.88. The van der Waals surface area contributed by atoms with Crippen LogP contribution in [-0.2, 0) is 11.2 Å². The molecule has 0 radical (unpaired) electrons. The van der Waals surface area contributed by atoms with Crippen molar-refractivity contribution >= 4 is 27.5 Å². The minimum absolute atomic E-state index is 0.000108. The van der Waals surface area contributed by atoms with Crippen LogP contribution in [0.4, 0.5) is 14.6 Å². The Morgan fingerprint density at radius 3 is 2.85 bits per heavy atom. The fourth-order valence-electron chi connectivity index (χ4n) is 7.88. The molecule has 3 aliphatic heterocycles. The van der Waals surface area contributed by atoms with E-state index >= 15 is 4.39 Å². The van der Waals surface area contributed by atoms with Crippen LogP contribution in [0.5, 0.6) is 11.8 Å². The van der Waals surface area contributed by atoms with Crippen molar-refractivity contribution in [3.63, 3.8) is 0 Å². The third-order valence-electron chi connectivity index (χ3n) is 10.1. The fraction of sp³-hybridized carbons (Fsp3) is 0.528. The van der Waals surface area contributed by atoms with Gasteiger partial charge in [-0.25, -0.2) is 8.78 Å². The average Bonchev–Trinajstić information content (AvgIpc) is 3.49. The first-order chi connectivity index (χ1) is 22.3. The van der Waals surface area contributed by atoms with Crippen molar-refractivity contribution in [2.45, 2.75) is 70.8 Å². The highest BCUT2D eigenvalue weighted by molar-refractivity contribution is 6.01. The average molecular weight is 632 g/mol. The van der Waals surface area contributed by atoms with Crippen molar-refractivity contribution in [2.24, 2.45) is 11.8 Å². The molecule has 7 rings (SSSR count). The standard InChI is InChI=1S/C36H43F2N5O3/c1-3-26-29(37)9-8-24-16-25(44)17-27(30(24)26)32-31(38)33-28(19-40-32)34(43-13-5-10-36(21-43)11-6-14-46-36)42-35(41-33)45-20-23-7-4-12-39-18-22(2)15-23/h8-9,16-17,19,22-23,39,44H,3-7,10-15,18,20-21H2,1-2H3/t22-,23-,36?/m1/s1. The summed E-state index contributed by atoms with van der Waals surface area (Å²) in [6.45, 7) is 8.70. The molecule has 0 aliphatic carbocycles. The van der Waals surface area contributed by atoms with Crippen LogP contribution in [-0.4, -0.2) is 65.1 Å². The first kappa shape index (κ1) is 31.0. The number of halogens is 2. The van der Waals surface area contributed by atoms with E-state index in [1.165, 1.54) is 12.1 Å². The van der Waals surface area contributed by atoms with Crippen LogP contribution < -0.4 is 15.0 Å². The Morgan fingerprint density at radius 2 is 2.02 bits per heavy atom. The number of aromatic hydroxyl groups is 1. The summed E-state index contributed by atoms with van der Waals surface area (Å²) in [5.74, 6) is 0.380. The minimum Gasteiger partial charge on any atom is -0.508 e. The summed E-state index contributed by atoms with van der Waals surface area (Å²) in [4.78, 5) is 16.3. The zero-order chi connectivity index (χ0) is 31.8. The van der Waals surface area contributed by atoms with Crippen LogP contribution in [0.1, 0.15) is 64.4 Å². The van der Waals surface area contributed by atoms with Crippen molar-refractivity contribution in [3.8, 4) is 23.0 Å². The van der Waals surface area contributed by atoms with E-state index in [2.05, 4.69) is 27.1 Å². The van der Waals surface area contributed by atoms with Gasteiger partial charge in [0.2, 0.25) is 0 Å². The summed E-state index contributed by atoms with van der Waals surface area (Å²) in [7, 11) is 0. The van der Waals surface area contributed by atoms with Crippen LogP contribution >= 0.6 is 0 Å². The lowest BCUT2D eigenvalue weighted by Crippen LogP contribution is -2.48. The molecule has 3 atom stereocenters. The number of fused-ring (bicyclic) bond motifs is 2. The zero-order valence-corrected chi connectivity index (χ0v) is 26.7. The predicted octanol–water partition coefficient (Wildman–Crippen LogP) is 6.95. The lowest BCUT2D eigenvalue weighted by Gasteiger charge is -2.40. The number of hydrogen-bond donors (Lipinski definition) is 2. The Bertz CT molecular complexity index is 1740. The summed E-state index contributed by atoms with van der Waals surface area (Å²) in [5, 5.41) is 15.7. The molecule has 1 unspecified atom stereocenters. The maximum atomic E-state index is 16.9. The molecule has 0 bridgehead atoms. The van der Waals surface area contributed by atoms with Gasteiger partial charge in [-0.1, -0.05) is 19.9 Å². The maximum absolute atomic E-state index is 16.9. The first-order valence-electron chi connectivity index (χ1n) is 16.9. The first-order valence-corrected chi connectivity index (χ1v) is 16.9. The topological polar surface area (TPSA) is 92.6 Å². The SMILES string of the molecule is CCc1c(F)ccc2cc(O)cc(-c3ncc4c(N5CCCC6(CCCO6)C5)nc(OC[C@@H]5CCCNC[C@H](C)C5)nc4c3F)c12. The molecular weight excluding hydrogens is 588 g/mol. The molecule has 2 aromatic carbocycles. The number of aromatic nitrogens is 3. The zero-order valence-electron chi connectivity index (χ0n) is 26.7. The number of nitrogens with zero attached hydrogens (tertiary/aromatic N) is 4. The van der Waals surface area contributed by atoms with Gasteiger partial charge in [0.25, 0.3) is 0 Å². The van der Waals surface area contributed by atoms with E-state index in [0.717, 1.165) is 71.2 Å². The summed E-state index contributed by atoms with van der Waals surface area (Å²) in [6, 6.07) is 6.13. The Kier molecular flexibility index (Phi) is 8.67. The summed E-state index contributed by atoms with van der Waals surface area (Å²) >= 11 is 0. The molecule has 5 heterocycles. The summed E-state index contributed by atoms with van der Waals surface area (Å²) < 4.78 is 44.4. The lowest BCUT2D eigenvalue weighted by atomic mass is 9.90. The molecule has 2 N–H and O–H groups in total. The molecule has 0 saturated carbocycles. The number of piperidine rings is 1. The van der Waals surface area contributed by atoms with Gasteiger partial charge in [0, 0.05) is 31.5 Å². The second kappa shape index (κ2) is 12.9. The Balaban J connectivity index is 1.34. The van der Waals surface area contributed by atoms with E-state index < -0.39 is 5.82 Å². The van der Waals surface area contributed by atoms with Gasteiger partial charge in [0.1, 0.15) is 28.6 Å². The van der Waals surface area contributed by atoms with Gasteiger partial charge in [0.05, 0.1) is 17.6 Å². The van der Waals surface area contributed by atoms with Crippen molar-refractivity contribution in [2.75, 3.05) is 44.3 Å². The molecule has 10 heteroatoms. The molecule has 8 nitrogen and oxygen atoms in total. The number of aryl methyl sites for hydroxylation is 1. The molecule has 3 saturated heterocycles. The van der Waals surface area contributed by atoms with Crippen LogP contribution in [0.2, 0.25) is 0 Å². The monoisotopic (exact) mass is 631 g/mol. The van der Waals surface area contributed by atoms with Crippen molar-refractivity contribution in [1.29, 1.82) is 0 Å². The molecular formula is C36H43F2N5O3. The number of ether oxygens (including phenoxy) is 2. The van der Waals surface area contributed by atoms with Crippen LogP contribution in [0.3, 0.4) is 0 Å². The van der Waals surface area contributed by atoms with Gasteiger partial charge >= 0.3 is 6.01 Å². The van der Waals surface area contributed by atoms with Crippen molar-refractivity contribution < 1.29 is 23.4 Å². The molecule has 3 fully saturated rings. The second-order valence-electron chi connectivity index (χ2n) is 13.5. The number of phenolic OH excluding ortho intramolecular Hbond substituents is 1. The van der Waals surface area contributed by atoms with Crippen molar-refractivity contribution in [1.82, 2.24) is 20.3 Å². The molecule has 244 valence electrons. The number of nitrogens with one attached hydrogen (secondary N) is 1. The van der Waals surface area contributed by atoms with Gasteiger partial charge in [-0.2, -0.15) is 9.97 Å². The molecule has 46 heavy (non-hydrogen) atoms. The highest BCUT2D eigenvalue weighted by Crippen LogP contribution is 2.41. The number of pyridine rings is 1. The van der Waals surface area contributed by atoms with Crippen LogP contribution in [0.25, 0.3) is 32.9 Å². The van der Waals surface area contributed by atoms with Crippen LogP contribution in [0, 0.1) is 23.5 Å². The number of benzene rings is 2. The van der Waals surface area contributed by atoms with E-state index in [9.17, 15) is 9.50 Å². The third kappa shape index (κ3) is 5.97. The van der Waals surface area contributed by atoms with E-state index in [1.807, 2.05) is 6.92 Å². The van der Waals surface area contributed by atoms with Crippen LogP contribution in [0.15, 0.2) is 30.5 Å². The number of rotatable bonds is 6. The van der Waals surface area contributed by atoms with E-state index in [4.69, 9.17) is 14.5 Å². The smallest absolute Gasteiger partial charge is 0.319 e. The predicted molar refractivity (Wildman–Crippen MR) is 175 cm³/mol. The molecule has 2 aromatic heterocycles. The molecule has 0 amide bonds. The highest BCUT2D eigenvalue weighted by atomic mass is 19.1. The Morgan fingerprint density at radius 1 is 1.15 bits per heavy atom. The highest BCUT2D eigenvalue weighted by Gasteiger charge is 2.40. The minimum atomic E-state index is -0.654. The molecule has 3 aliphatic rings. The van der Waals surface area contributed by atoms with E-state index in [0.29, 0.717) is 64.5 Å². The molecule has 1 spiro atoms. The van der Waals surface area contributed by atoms with Crippen molar-refractivity contribution in [3.05, 3.63) is 47.7 Å². The number of phenols is 1. The van der Waals surface area contributed by atoms with Gasteiger partial charge in [-0.3, -0.25) is 4.98 Å². The second-order valence-corrected chi connectivity index (χ2v) is 13.5. The van der Waals surface area contributed by atoms with Gasteiger partial charge in [-0.05, 0) is 111 Å². The number of hydrogen-bond acceptors (Lipinski definition) is 8. The summed E-state index contributed by atoms with van der Waals surface area (Å²) in [6.07, 6.45) is 9.08. The van der Waals surface area contributed by atoms with Gasteiger partial charge in [-0.15, -0.1) is 0 Å². The molecule has 4 aromatic rings. The maximum Gasteiger partial charge on any atom is 0.319 e. The normalized spacial score (nSPS) is 24.0. The van der Waals surface area contributed by atoms with E-state index in [-0.39, 0.29) is 34.4 Å². The van der Waals surface area contributed by atoms with E-state index in [1.54, 1.807) is 18.3 Å². The summed E-state index contributed by atoms with van der Waals surface area (Å²) in [5.41, 5.74) is 0.631. The van der Waals surface area contributed by atoms with Gasteiger partial charge < -0.3 is 24.8 Å². The largest absolute Gasteiger partial charge is 0.508 e. The third-order valence-corrected chi connectivity index (χ3v) is 10.1. The lowest BCUT2D eigenvalue weighted by molar-refractivity contribution is -0.00633. The number of anilines is 1. The quantitative estimate of drug-likeness (QED) is 0.236. The Hall–Kier alpha value is -3.63. The van der Waals surface area contributed by atoms with Gasteiger partial charge in [0.15, 0.2) is 5.82 Å².